The van der Waals surface area contributed by atoms with Gasteiger partial charge in [0.2, 0.25) is 0 Å². The van der Waals surface area contributed by atoms with E-state index in [-0.39, 0.29) is 19.5 Å². The van der Waals surface area contributed by atoms with Crippen LogP contribution in [-0.2, 0) is 35.5 Å². The summed E-state index contributed by atoms with van der Waals surface area (Å²) in [6, 6.07) is 4.03. The quantitative estimate of drug-likeness (QED) is 0.466. The zero-order valence-electron chi connectivity index (χ0n) is 12.3. The molecular weight excluding hydrogens is 329 g/mol. The summed E-state index contributed by atoms with van der Waals surface area (Å²) in [6.07, 6.45) is 2.17. The van der Waals surface area contributed by atoms with E-state index in [0.29, 0.717) is 0 Å². The molecule has 1 rings (SSSR count). The first-order valence-electron chi connectivity index (χ1n) is 5.59. The fraction of sp³-hybridized carbons (Fsp3) is 0.500. The molecule has 0 fully saturated rings. The van der Waals surface area contributed by atoms with E-state index in [2.05, 4.69) is 51.5 Å². The Morgan fingerprint density at radius 1 is 1.05 bits per heavy atom. The van der Waals surface area contributed by atoms with Gasteiger partial charge >= 0.3 is 19.5 Å². The van der Waals surface area contributed by atoms with Gasteiger partial charge in [-0.1, -0.05) is 13.3 Å². The molecule has 0 aliphatic rings. The molecule has 1 aromatic rings. The van der Waals surface area contributed by atoms with Crippen LogP contribution in [0.2, 0.25) is 0 Å². The third-order valence-corrected chi connectivity index (χ3v) is 1.36. The average molecular weight is 352 g/mol. The molecule has 19 heavy (non-hydrogen) atoms. The summed E-state index contributed by atoms with van der Waals surface area (Å²) in [5, 5.41) is 7.97. The second kappa shape index (κ2) is 22.2. The maximum atomic E-state index is 7.75. The zero-order chi connectivity index (χ0) is 15.0. The van der Waals surface area contributed by atoms with Gasteiger partial charge in [-0.15, -0.1) is 0 Å². The fourth-order valence-corrected chi connectivity index (χ4v) is 0.816. The van der Waals surface area contributed by atoms with Gasteiger partial charge in [-0.3, -0.25) is 13.6 Å². The van der Waals surface area contributed by atoms with Gasteiger partial charge in [0.1, 0.15) is 0 Å². The number of aryl methyl sites for hydroxylation is 2. The van der Waals surface area contributed by atoms with Crippen molar-refractivity contribution in [2.75, 3.05) is 0 Å². The SMILES string of the molecule is CCCc1ccc(C)nn1.C[C-](C)C.[CH-]=O.[CH-]=O.[Ru+3]. The Labute approximate surface area is 130 Å². The number of rotatable bonds is 2. The summed E-state index contributed by atoms with van der Waals surface area (Å²) in [6.45, 7) is 16.8. The summed E-state index contributed by atoms with van der Waals surface area (Å²) in [5.41, 5.74) is 2.08. The number of aromatic nitrogens is 2. The Bertz CT molecular complexity index is 262. The topological polar surface area (TPSA) is 59.9 Å². The first kappa shape index (κ1) is 26.6. The molecule has 0 unspecified atom stereocenters. The summed E-state index contributed by atoms with van der Waals surface area (Å²) in [5.74, 6) is 1.42. The van der Waals surface area contributed by atoms with Crippen molar-refractivity contribution < 1.29 is 29.1 Å². The number of nitrogens with zero attached hydrogens (tertiary/aromatic N) is 2. The largest absolute Gasteiger partial charge is 3.00 e. The molecule has 0 aromatic carbocycles. The van der Waals surface area contributed by atoms with Crippen molar-refractivity contribution in [2.24, 2.45) is 0 Å². The van der Waals surface area contributed by atoms with E-state index in [1.165, 1.54) is 5.92 Å². The minimum atomic E-state index is 0. The maximum Gasteiger partial charge on any atom is 3.00 e. The van der Waals surface area contributed by atoms with Gasteiger partial charge < -0.3 is 15.5 Å². The third kappa shape index (κ3) is 26.6. The number of hydrogen-bond donors (Lipinski definition) is 0. The summed E-state index contributed by atoms with van der Waals surface area (Å²) in [4.78, 5) is 15.5. The van der Waals surface area contributed by atoms with E-state index in [4.69, 9.17) is 9.59 Å². The van der Waals surface area contributed by atoms with E-state index in [0.717, 1.165) is 24.2 Å². The molecule has 0 amide bonds. The summed E-state index contributed by atoms with van der Waals surface area (Å²) in [7, 11) is 0. The molecule has 0 saturated heterocycles. The molecule has 1 aromatic heterocycles. The number of hydrogen-bond acceptors (Lipinski definition) is 4. The van der Waals surface area contributed by atoms with Crippen LogP contribution in [0.25, 0.3) is 0 Å². The van der Waals surface area contributed by atoms with E-state index in [1.807, 2.05) is 19.1 Å². The van der Waals surface area contributed by atoms with Crippen molar-refractivity contribution in [2.45, 2.75) is 47.5 Å². The van der Waals surface area contributed by atoms with Crippen LogP contribution in [0.5, 0.6) is 0 Å². The molecule has 5 heteroatoms. The molecule has 0 aliphatic carbocycles. The third-order valence-electron chi connectivity index (χ3n) is 1.36. The van der Waals surface area contributed by atoms with Gasteiger partial charge in [-0.2, -0.15) is 31.0 Å². The molecule has 0 saturated carbocycles. The fourth-order valence-electron chi connectivity index (χ4n) is 0.816. The van der Waals surface area contributed by atoms with Crippen molar-refractivity contribution >= 4 is 13.6 Å². The second-order valence-electron chi connectivity index (χ2n) is 3.92. The normalized spacial score (nSPS) is 7.47. The van der Waals surface area contributed by atoms with Crippen molar-refractivity contribution in [1.82, 2.24) is 10.2 Å². The zero-order valence-corrected chi connectivity index (χ0v) is 14.0. The van der Waals surface area contributed by atoms with E-state index < -0.39 is 0 Å². The van der Waals surface area contributed by atoms with Crippen molar-refractivity contribution in [1.29, 1.82) is 0 Å². The van der Waals surface area contributed by atoms with Crippen LogP contribution >= 0.6 is 0 Å². The van der Waals surface area contributed by atoms with Gasteiger partial charge in [0.25, 0.3) is 0 Å². The van der Waals surface area contributed by atoms with Crippen LogP contribution in [0, 0.1) is 12.8 Å². The molecular formula is C14H23N2O2Ru. The van der Waals surface area contributed by atoms with Crippen LogP contribution in [-0.4, -0.2) is 23.8 Å². The van der Waals surface area contributed by atoms with Crippen LogP contribution in [0.15, 0.2) is 12.1 Å². The Kier molecular flexibility index (Phi) is 31.1. The number of carbonyl (C=O) groups excluding carboxylic acids is 2. The van der Waals surface area contributed by atoms with Crippen LogP contribution in [0.1, 0.15) is 45.5 Å². The monoisotopic (exact) mass is 353 g/mol. The van der Waals surface area contributed by atoms with E-state index in [9.17, 15) is 0 Å². The summed E-state index contributed by atoms with van der Waals surface area (Å²) < 4.78 is 0. The molecule has 1 heterocycles. The minimum absolute atomic E-state index is 0. The predicted octanol–water partition coefficient (Wildman–Crippen LogP) is 2.81. The second-order valence-corrected chi connectivity index (χ2v) is 3.92. The van der Waals surface area contributed by atoms with Crippen molar-refractivity contribution in [3.05, 3.63) is 29.4 Å². The molecule has 0 spiro atoms. The molecule has 0 aliphatic heterocycles. The van der Waals surface area contributed by atoms with Gasteiger partial charge in [0.15, 0.2) is 0 Å². The Morgan fingerprint density at radius 2 is 1.47 bits per heavy atom. The molecule has 4 nitrogen and oxygen atoms in total. The van der Waals surface area contributed by atoms with Gasteiger partial charge in [0.05, 0.1) is 11.4 Å². The molecule has 109 valence electrons. The van der Waals surface area contributed by atoms with Gasteiger partial charge in [0, 0.05) is 0 Å². The molecule has 0 N–H and O–H groups in total. The summed E-state index contributed by atoms with van der Waals surface area (Å²) >= 11 is 0. The van der Waals surface area contributed by atoms with Crippen LogP contribution < -0.4 is 0 Å². The van der Waals surface area contributed by atoms with Gasteiger partial charge in [-0.25, -0.2) is 0 Å². The van der Waals surface area contributed by atoms with Crippen LogP contribution in [0.3, 0.4) is 0 Å². The first-order valence-corrected chi connectivity index (χ1v) is 5.59. The predicted molar refractivity (Wildman–Crippen MR) is 74.5 cm³/mol. The van der Waals surface area contributed by atoms with Crippen LogP contribution in [0.4, 0.5) is 0 Å². The minimum Gasteiger partial charge on any atom is -0.545 e. The van der Waals surface area contributed by atoms with E-state index in [1.54, 1.807) is 0 Å². The average Bonchev–Trinajstić information content (AvgIpc) is 2.37. The molecule has 0 atom stereocenters. The maximum absolute atomic E-state index is 7.75. The standard InChI is InChI=1S/C8H12N2.C4H9.2CHO.Ru/c1-3-4-8-6-5-7(2)9-10-8;1-4(2)3;2*1-2;/h5-6H,3-4H2,1-2H3;1-3H3;2*1H;/q;3*-1;+3. The Hall–Kier alpha value is -0.957. The van der Waals surface area contributed by atoms with Gasteiger partial charge in [-0.05, 0) is 25.5 Å². The Balaban J connectivity index is -0.000000107. The smallest absolute Gasteiger partial charge is 0.545 e. The first-order chi connectivity index (χ1) is 8.56. The molecule has 1 radical (unpaired) electrons. The van der Waals surface area contributed by atoms with Crippen molar-refractivity contribution in [3.63, 3.8) is 0 Å². The molecule has 0 bridgehead atoms. The van der Waals surface area contributed by atoms with E-state index >= 15 is 0 Å². The Morgan fingerprint density at radius 3 is 1.74 bits per heavy atom. The van der Waals surface area contributed by atoms with Crippen molar-refractivity contribution in [3.8, 4) is 0 Å².